The van der Waals surface area contributed by atoms with Gasteiger partial charge in [-0.05, 0) is 31.5 Å². The number of carbonyl (C=O) groups is 2. The monoisotopic (exact) mass is 381 g/mol. The molecule has 1 saturated heterocycles. The first-order valence-electron chi connectivity index (χ1n) is 9.54. The van der Waals surface area contributed by atoms with Crippen molar-refractivity contribution in [1.29, 1.82) is 0 Å². The van der Waals surface area contributed by atoms with Gasteiger partial charge in [0.25, 0.3) is 11.8 Å². The third-order valence-electron chi connectivity index (χ3n) is 5.08. The Bertz CT molecular complexity index is 1020. The number of imidazole rings is 1. The molecule has 1 N–H and O–H groups in total. The minimum Gasteiger partial charge on any atom is -0.448 e. The van der Waals surface area contributed by atoms with Gasteiger partial charge in [-0.25, -0.2) is 9.97 Å². The fraction of sp³-hybridized carbons (Fsp3) is 0.400. The number of nitrogens with zero attached hydrogens (tertiary/aromatic N) is 4. The van der Waals surface area contributed by atoms with Crippen molar-refractivity contribution < 1.29 is 14.0 Å². The van der Waals surface area contributed by atoms with Crippen LogP contribution in [0.4, 0.5) is 0 Å². The lowest BCUT2D eigenvalue weighted by atomic mass is 10.1. The minimum absolute atomic E-state index is 0.0286. The number of aryl methyl sites for hydroxylation is 2. The van der Waals surface area contributed by atoms with Crippen molar-refractivity contribution in [3.63, 3.8) is 0 Å². The molecule has 2 amide bonds. The molecule has 3 aromatic rings. The SMILES string of the molecule is CCc1ocnc1C(=O)N1CCCN(C(=O)c2ccc3nc(C)[nH]c3c2)CC1. The van der Waals surface area contributed by atoms with Crippen LogP contribution in [0.15, 0.2) is 29.0 Å². The number of aromatic amines is 1. The van der Waals surface area contributed by atoms with E-state index in [1.807, 2.05) is 32.0 Å². The summed E-state index contributed by atoms with van der Waals surface area (Å²) in [5.74, 6) is 1.27. The number of oxazole rings is 1. The third-order valence-corrected chi connectivity index (χ3v) is 5.08. The van der Waals surface area contributed by atoms with Gasteiger partial charge in [-0.15, -0.1) is 0 Å². The van der Waals surface area contributed by atoms with Crippen molar-refractivity contribution in [2.45, 2.75) is 26.7 Å². The maximum Gasteiger partial charge on any atom is 0.276 e. The first-order valence-corrected chi connectivity index (χ1v) is 9.54. The highest BCUT2D eigenvalue weighted by Crippen LogP contribution is 2.17. The van der Waals surface area contributed by atoms with Crippen LogP contribution in [0, 0.1) is 6.92 Å². The molecule has 0 aliphatic carbocycles. The Morgan fingerprint density at radius 3 is 2.64 bits per heavy atom. The molecule has 8 nitrogen and oxygen atoms in total. The van der Waals surface area contributed by atoms with Crippen LogP contribution in [0.2, 0.25) is 0 Å². The second-order valence-corrected chi connectivity index (χ2v) is 6.97. The van der Waals surface area contributed by atoms with E-state index in [0.29, 0.717) is 49.6 Å². The average Bonchev–Trinajstić information content (AvgIpc) is 3.24. The molecule has 3 heterocycles. The number of aromatic nitrogens is 3. The van der Waals surface area contributed by atoms with Gasteiger partial charge in [0.2, 0.25) is 0 Å². The minimum atomic E-state index is -0.130. The smallest absolute Gasteiger partial charge is 0.276 e. The maximum absolute atomic E-state index is 13.0. The van der Waals surface area contributed by atoms with Crippen molar-refractivity contribution in [3.05, 3.63) is 47.4 Å². The van der Waals surface area contributed by atoms with Crippen LogP contribution in [-0.2, 0) is 6.42 Å². The second kappa shape index (κ2) is 7.46. The van der Waals surface area contributed by atoms with Gasteiger partial charge in [0.1, 0.15) is 11.6 Å². The van der Waals surface area contributed by atoms with Gasteiger partial charge >= 0.3 is 0 Å². The van der Waals surface area contributed by atoms with Gasteiger partial charge in [0.15, 0.2) is 12.1 Å². The van der Waals surface area contributed by atoms with Gasteiger partial charge in [-0.1, -0.05) is 6.92 Å². The quantitative estimate of drug-likeness (QED) is 0.752. The van der Waals surface area contributed by atoms with Gasteiger partial charge in [0, 0.05) is 38.2 Å². The molecule has 2 aromatic heterocycles. The highest BCUT2D eigenvalue weighted by atomic mass is 16.3. The van der Waals surface area contributed by atoms with E-state index in [1.54, 1.807) is 9.80 Å². The number of nitrogens with one attached hydrogen (secondary N) is 1. The zero-order valence-corrected chi connectivity index (χ0v) is 16.1. The first-order chi connectivity index (χ1) is 13.6. The van der Waals surface area contributed by atoms with Crippen LogP contribution in [0.3, 0.4) is 0 Å². The van der Waals surface area contributed by atoms with Crippen LogP contribution in [0.1, 0.15) is 45.8 Å². The Morgan fingerprint density at radius 1 is 1.14 bits per heavy atom. The van der Waals surface area contributed by atoms with E-state index in [1.165, 1.54) is 6.39 Å². The summed E-state index contributed by atoms with van der Waals surface area (Å²) in [6.45, 7) is 5.99. The molecule has 0 saturated carbocycles. The van der Waals surface area contributed by atoms with Gasteiger partial charge in [-0.3, -0.25) is 9.59 Å². The maximum atomic E-state index is 13.0. The molecule has 0 atom stereocenters. The van der Waals surface area contributed by atoms with Crippen molar-refractivity contribution in [2.24, 2.45) is 0 Å². The van der Waals surface area contributed by atoms with E-state index < -0.39 is 0 Å². The van der Waals surface area contributed by atoms with Crippen LogP contribution >= 0.6 is 0 Å². The second-order valence-electron chi connectivity index (χ2n) is 6.97. The molecule has 0 radical (unpaired) electrons. The van der Waals surface area contributed by atoms with Crippen LogP contribution in [0.5, 0.6) is 0 Å². The van der Waals surface area contributed by atoms with Crippen LogP contribution in [0.25, 0.3) is 11.0 Å². The number of H-pyrrole nitrogens is 1. The Labute approximate surface area is 162 Å². The van der Waals surface area contributed by atoms with Gasteiger partial charge in [-0.2, -0.15) is 0 Å². The fourth-order valence-electron chi connectivity index (χ4n) is 3.62. The van der Waals surface area contributed by atoms with E-state index in [4.69, 9.17) is 4.42 Å². The lowest BCUT2D eigenvalue weighted by Gasteiger charge is -2.22. The number of amides is 2. The van der Waals surface area contributed by atoms with Crippen molar-refractivity contribution in [2.75, 3.05) is 26.2 Å². The summed E-state index contributed by atoms with van der Waals surface area (Å²) in [6, 6.07) is 5.51. The number of carbonyl (C=O) groups excluding carboxylic acids is 2. The molecular formula is C20H23N5O3. The standard InChI is InChI=1S/C20H23N5O3/c1-3-17-18(21-12-28-17)20(27)25-8-4-7-24(9-10-25)19(26)14-5-6-15-16(11-14)23-13(2)22-15/h5-6,11-12H,3-4,7-10H2,1-2H3,(H,22,23). The number of fused-ring (bicyclic) bond motifs is 1. The summed E-state index contributed by atoms with van der Waals surface area (Å²) in [6.07, 6.45) is 2.66. The molecular weight excluding hydrogens is 358 g/mol. The highest BCUT2D eigenvalue weighted by Gasteiger charge is 2.26. The summed E-state index contributed by atoms with van der Waals surface area (Å²) in [7, 11) is 0. The number of hydrogen-bond acceptors (Lipinski definition) is 5. The topological polar surface area (TPSA) is 95.3 Å². The third kappa shape index (κ3) is 3.37. The Morgan fingerprint density at radius 2 is 1.89 bits per heavy atom. The summed E-state index contributed by atoms with van der Waals surface area (Å²) in [4.78, 5) is 40.9. The van der Waals surface area contributed by atoms with Crippen molar-refractivity contribution >= 4 is 22.8 Å². The molecule has 0 unspecified atom stereocenters. The largest absolute Gasteiger partial charge is 0.448 e. The van der Waals surface area contributed by atoms with E-state index in [9.17, 15) is 9.59 Å². The van der Waals surface area contributed by atoms with Gasteiger partial charge < -0.3 is 19.2 Å². The van der Waals surface area contributed by atoms with Crippen LogP contribution in [-0.4, -0.2) is 62.7 Å². The first kappa shape index (κ1) is 18.2. The fourth-order valence-corrected chi connectivity index (χ4v) is 3.62. The normalized spacial score (nSPS) is 15.1. The van der Waals surface area contributed by atoms with E-state index in [0.717, 1.165) is 23.3 Å². The molecule has 0 bridgehead atoms. The molecule has 0 spiro atoms. The van der Waals surface area contributed by atoms with Crippen molar-refractivity contribution in [3.8, 4) is 0 Å². The molecule has 1 aromatic carbocycles. The predicted molar refractivity (Wildman–Crippen MR) is 103 cm³/mol. The summed E-state index contributed by atoms with van der Waals surface area (Å²) in [5.41, 5.74) is 2.71. The average molecular weight is 381 g/mol. The zero-order valence-electron chi connectivity index (χ0n) is 16.1. The van der Waals surface area contributed by atoms with Gasteiger partial charge in [0.05, 0.1) is 11.0 Å². The molecule has 1 aliphatic rings. The number of benzene rings is 1. The summed E-state index contributed by atoms with van der Waals surface area (Å²) in [5, 5.41) is 0. The lowest BCUT2D eigenvalue weighted by molar-refractivity contribution is 0.0715. The number of hydrogen-bond donors (Lipinski definition) is 1. The van der Waals surface area contributed by atoms with E-state index in [-0.39, 0.29) is 11.8 Å². The number of rotatable bonds is 3. The van der Waals surface area contributed by atoms with Crippen LogP contribution < -0.4 is 0 Å². The predicted octanol–water partition coefficient (Wildman–Crippen LogP) is 2.41. The Balaban J connectivity index is 1.47. The van der Waals surface area contributed by atoms with E-state index >= 15 is 0 Å². The molecule has 146 valence electrons. The molecule has 1 fully saturated rings. The summed E-state index contributed by atoms with van der Waals surface area (Å²) >= 11 is 0. The summed E-state index contributed by atoms with van der Waals surface area (Å²) < 4.78 is 5.28. The molecule has 4 rings (SSSR count). The van der Waals surface area contributed by atoms with Crippen molar-refractivity contribution in [1.82, 2.24) is 24.8 Å². The Kier molecular flexibility index (Phi) is 4.85. The highest BCUT2D eigenvalue weighted by molar-refractivity contribution is 5.97. The zero-order chi connectivity index (χ0) is 19.7. The molecule has 28 heavy (non-hydrogen) atoms. The van der Waals surface area contributed by atoms with E-state index in [2.05, 4.69) is 15.0 Å². The molecule has 8 heteroatoms. The molecule has 1 aliphatic heterocycles. The Hall–Kier alpha value is -3.16. The lowest BCUT2D eigenvalue weighted by Crippen LogP contribution is -2.37.